The summed E-state index contributed by atoms with van der Waals surface area (Å²) in [5.74, 6) is 1.06. The van der Waals surface area contributed by atoms with Crippen molar-refractivity contribution in [1.29, 1.82) is 0 Å². The van der Waals surface area contributed by atoms with Crippen LogP contribution in [0.5, 0.6) is 11.5 Å². The minimum Gasteiger partial charge on any atom is -0.497 e. The van der Waals surface area contributed by atoms with Gasteiger partial charge in [0.25, 0.3) is 11.5 Å². The third-order valence-corrected chi connectivity index (χ3v) is 9.11. The number of ether oxygens (including phenoxy) is 2. The number of H-pyrrole nitrogens is 1. The van der Waals surface area contributed by atoms with Gasteiger partial charge in [-0.25, -0.2) is 4.99 Å². The van der Waals surface area contributed by atoms with E-state index in [9.17, 15) is 9.59 Å². The van der Waals surface area contributed by atoms with Gasteiger partial charge in [-0.2, -0.15) is 0 Å². The van der Waals surface area contributed by atoms with Crippen molar-refractivity contribution < 1.29 is 14.3 Å². The number of nitrogens with one attached hydrogen (secondary N) is 2. The van der Waals surface area contributed by atoms with Crippen molar-refractivity contribution in [2.75, 3.05) is 19.5 Å². The average molecular weight is 627 g/mol. The van der Waals surface area contributed by atoms with E-state index in [0.29, 0.717) is 37.8 Å². The second-order valence-corrected chi connectivity index (χ2v) is 11.8. The Hall–Kier alpha value is -5.67. The average Bonchev–Trinajstić information content (AvgIpc) is 3.61. The molecule has 4 aromatic carbocycles. The van der Waals surface area contributed by atoms with Gasteiger partial charge in [-0.15, -0.1) is 0 Å². The molecule has 0 bridgehead atoms. The highest BCUT2D eigenvalue weighted by Crippen LogP contribution is 2.36. The van der Waals surface area contributed by atoms with Crippen LogP contribution >= 0.6 is 11.3 Å². The topological polar surface area (TPSA) is 97.7 Å². The van der Waals surface area contributed by atoms with Crippen LogP contribution in [0.4, 0.5) is 5.69 Å². The zero-order valence-corrected chi connectivity index (χ0v) is 26.2. The quantitative estimate of drug-likeness (QED) is 0.226. The predicted octanol–water partition coefficient (Wildman–Crippen LogP) is 6.04. The number of aromatic nitrogens is 2. The van der Waals surface area contributed by atoms with Crippen LogP contribution in [0.3, 0.4) is 0 Å². The molecule has 8 nitrogen and oxygen atoms in total. The summed E-state index contributed by atoms with van der Waals surface area (Å²) >= 11 is 1.30. The minimum absolute atomic E-state index is 0.238. The summed E-state index contributed by atoms with van der Waals surface area (Å²) in [6.45, 7) is 1.81. The van der Waals surface area contributed by atoms with E-state index in [0.717, 1.165) is 33.3 Å². The van der Waals surface area contributed by atoms with Gasteiger partial charge in [0, 0.05) is 16.6 Å². The monoisotopic (exact) mass is 626 g/mol. The number of fused-ring (bicyclic) bond motifs is 2. The molecule has 6 aromatic rings. The first-order valence-electron chi connectivity index (χ1n) is 14.7. The third kappa shape index (κ3) is 5.10. The van der Waals surface area contributed by atoms with Crippen LogP contribution in [0.25, 0.3) is 28.2 Å². The van der Waals surface area contributed by atoms with E-state index >= 15 is 0 Å². The SMILES string of the molecule is COc1ccc([C@H]2C(C(=O)Nc3ccccc3)=C(C)N=c3s/c(=C/c4c(-c5ccccc5)[nH]c5c(OC)cccc45)c(=O)n32)cc1. The summed E-state index contributed by atoms with van der Waals surface area (Å²) in [5, 5.41) is 3.92. The summed E-state index contributed by atoms with van der Waals surface area (Å²) in [6.07, 6.45) is 1.92. The van der Waals surface area contributed by atoms with Crippen LogP contribution in [0, 0.1) is 0 Å². The Morgan fingerprint density at radius 2 is 1.63 bits per heavy atom. The van der Waals surface area contributed by atoms with Crippen molar-refractivity contribution in [1.82, 2.24) is 9.55 Å². The summed E-state index contributed by atoms with van der Waals surface area (Å²) in [7, 11) is 3.24. The normalized spacial score (nSPS) is 14.6. The van der Waals surface area contributed by atoms with Gasteiger partial charge in [-0.3, -0.25) is 14.2 Å². The lowest BCUT2D eigenvalue weighted by molar-refractivity contribution is -0.113. The summed E-state index contributed by atoms with van der Waals surface area (Å²) in [5.41, 5.74) is 5.68. The van der Waals surface area contributed by atoms with E-state index in [4.69, 9.17) is 14.5 Å². The van der Waals surface area contributed by atoms with Gasteiger partial charge in [0.1, 0.15) is 11.5 Å². The minimum atomic E-state index is -0.704. The van der Waals surface area contributed by atoms with E-state index in [-0.39, 0.29) is 11.5 Å². The van der Waals surface area contributed by atoms with Crippen LogP contribution in [0.1, 0.15) is 24.1 Å². The molecule has 0 unspecified atom stereocenters. The van der Waals surface area contributed by atoms with E-state index in [1.165, 1.54) is 11.3 Å². The van der Waals surface area contributed by atoms with E-state index in [1.54, 1.807) is 18.8 Å². The van der Waals surface area contributed by atoms with Crippen LogP contribution in [-0.4, -0.2) is 29.7 Å². The van der Waals surface area contributed by atoms with Gasteiger partial charge in [0.05, 0.1) is 47.3 Å². The molecule has 0 aliphatic carbocycles. The fourth-order valence-electron chi connectivity index (χ4n) is 5.93. The number of anilines is 1. The van der Waals surface area contributed by atoms with Gasteiger partial charge in [0.2, 0.25) is 0 Å². The number of hydrogen-bond donors (Lipinski definition) is 2. The number of carbonyl (C=O) groups is 1. The number of rotatable bonds is 7. The molecule has 1 aliphatic heterocycles. The highest BCUT2D eigenvalue weighted by atomic mass is 32.1. The fourth-order valence-corrected chi connectivity index (χ4v) is 6.96. The Kier molecular flexibility index (Phi) is 7.60. The molecule has 0 saturated heterocycles. The zero-order chi connectivity index (χ0) is 31.8. The van der Waals surface area contributed by atoms with Gasteiger partial charge < -0.3 is 19.8 Å². The van der Waals surface area contributed by atoms with Crippen LogP contribution in [0.15, 0.2) is 124 Å². The smallest absolute Gasteiger partial charge is 0.271 e. The van der Waals surface area contributed by atoms with Crippen molar-refractivity contribution in [2.45, 2.75) is 13.0 Å². The lowest BCUT2D eigenvalue weighted by atomic mass is 9.95. The van der Waals surface area contributed by atoms with Gasteiger partial charge in [-0.05, 0) is 54.5 Å². The first-order valence-corrected chi connectivity index (χ1v) is 15.6. The molecule has 7 rings (SSSR count). The molecule has 0 radical (unpaired) electrons. The van der Waals surface area contributed by atoms with Crippen LogP contribution < -0.4 is 29.7 Å². The van der Waals surface area contributed by atoms with Crippen molar-refractivity contribution in [3.05, 3.63) is 145 Å². The first kappa shape index (κ1) is 29.1. The lowest BCUT2D eigenvalue weighted by Crippen LogP contribution is -2.40. The number of allylic oxidation sites excluding steroid dienone is 1. The summed E-state index contributed by atoms with van der Waals surface area (Å²) in [4.78, 5) is 37.2. The highest BCUT2D eigenvalue weighted by Gasteiger charge is 2.32. The van der Waals surface area contributed by atoms with Gasteiger partial charge >= 0.3 is 0 Å². The predicted molar refractivity (Wildman–Crippen MR) is 182 cm³/mol. The first-order chi connectivity index (χ1) is 22.5. The van der Waals surface area contributed by atoms with Crippen molar-refractivity contribution in [2.24, 2.45) is 4.99 Å². The number of nitrogens with zero attached hydrogens (tertiary/aromatic N) is 2. The molecule has 1 amide bonds. The second kappa shape index (κ2) is 12.0. The van der Waals surface area contributed by atoms with Crippen molar-refractivity contribution in [3.8, 4) is 22.8 Å². The maximum absolute atomic E-state index is 14.5. The lowest BCUT2D eigenvalue weighted by Gasteiger charge is -2.25. The molecule has 228 valence electrons. The van der Waals surface area contributed by atoms with E-state index in [2.05, 4.69) is 10.3 Å². The van der Waals surface area contributed by atoms with Gasteiger partial charge in [-0.1, -0.05) is 84.1 Å². The van der Waals surface area contributed by atoms with Crippen molar-refractivity contribution >= 4 is 39.9 Å². The van der Waals surface area contributed by atoms with Crippen LogP contribution in [0.2, 0.25) is 0 Å². The number of aromatic amines is 1. The second-order valence-electron chi connectivity index (χ2n) is 10.8. The van der Waals surface area contributed by atoms with Gasteiger partial charge in [0.15, 0.2) is 4.80 Å². The number of amides is 1. The molecule has 1 atom stereocenters. The third-order valence-electron chi connectivity index (χ3n) is 8.12. The summed E-state index contributed by atoms with van der Waals surface area (Å²) in [6, 6.07) is 31.8. The Bertz CT molecular complexity index is 2300. The number of para-hydroxylation sites is 2. The molecular weight excluding hydrogens is 596 g/mol. The molecule has 9 heteroatoms. The molecule has 3 heterocycles. The Labute approximate surface area is 268 Å². The Morgan fingerprint density at radius 3 is 2.33 bits per heavy atom. The maximum Gasteiger partial charge on any atom is 0.271 e. The van der Waals surface area contributed by atoms with E-state index in [1.807, 2.05) is 116 Å². The molecule has 0 spiro atoms. The largest absolute Gasteiger partial charge is 0.497 e. The van der Waals surface area contributed by atoms with Crippen molar-refractivity contribution in [3.63, 3.8) is 0 Å². The standard InChI is InChI=1S/C37H30N4O4S/c1-22-31(35(42)39-25-13-8-5-9-14-25)34(24-17-19-26(44-2)20-18-24)41-36(43)30(46-37(41)38-22)21-28-27-15-10-16-29(45-3)33(27)40-32(28)23-11-6-4-7-12-23/h4-21,34,40H,1-3H3,(H,39,42)/b30-21+/t34-/m0/s1. The highest BCUT2D eigenvalue weighted by molar-refractivity contribution is 7.07. The molecule has 46 heavy (non-hydrogen) atoms. The zero-order valence-electron chi connectivity index (χ0n) is 25.4. The molecule has 0 saturated carbocycles. The maximum atomic E-state index is 14.5. The molecule has 2 N–H and O–H groups in total. The fraction of sp³-hybridized carbons (Fsp3) is 0.108. The molecule has 1 aliphatic rings. The number of carbonyl (C=O) groups excluding carboxylic acids is 1. The Balaban J connectivity index is 1.44. The number of hydrogen-bond acceptors (Lipinski definition) is 6. The molecule has 2 aromatic heterocycles. The Morgan fingerprint density at radius 1 is 0.913 bits per heavy atom. The number of methoxy groups -OCH3 is 2. The molecular formula is C37H30N4O4S. The summed E-state index contributed by atoms with van der Waals surface area (Å²) < 4.78 is 13.2. The van der Waals surface area contributed by atoms with E-state index < -0.39 is 6.04 Å². The molecule has 0 fully saturated rings. The number of benzene rings is 4. The number of thiazole rings is 1. The van der Waals surface area contributed by atoms with Crippen LogP contribution in [-0.2, 0) is 4.79 Å².